The van der Waals surface area contributed by atoms with E-state index < -0.39 is 0 Å². The maximum absolute atomic E-state index is 6.07. The molecule has 0 saturated carbocycles. The summed E-state index contributed by atoms with van der Waals surface area (Å²) in [4.78, 5) is 4.64. The summed E-state index contributed by atoms with van der Waals surface area (Å²) in [7, 11) is 0. The number of hydrogen-bond acceptors (Lipinski definition) is 1. The predicted octanol–water partition coefficient (Wildman–Crippen LogP) is 4.04. The standard InChI is InChI=1S/C14H16ClN/c1-10(11(2)15)9-13-8-7-12-5-3-4-6-14(12)16-13/h3-8,10-11H,9H2,1-2H3. The number of para-hydroxylation sites is 1. The van der Waals surface area contributed by atoms with Crippen molar-refractivity contribution in [1.82, 2.24) is 4.98 Å². The van der Waals surface area contributed by atoms with Crippen LogP contribution in [0.2, 0.25) is 0 Å². The van der Waals surface area contributed by atoms with Gasteiger partial charge in [0.2, 0.25) is 0 Å². The SMILES string of the molecule is CC(Cl)C(C)Cc1ccc2ccccc2n1. The Morgan fingerprint density at radius 3 is 2.62 bits per heavy atom. The molecule has 2 atom stereocenters. The minimum atomic E-state index is 0.188. The van der Waals surface area contributed by atoms with Crippen molar-refractivity contribution in [2.45, 2.75) is 25.6 Å². The van der Waals surface area contributed by atoms with Crippen LogP contribution in [-0.4, -0.2) is 10.4 Å². The van der Waals surface area contributed by atoms with Crippen LogP contribution in [0.15, 0.2) is 36.4 Å². The Morgan fingerprint density at radius 1 is 1.12 bits per heavy atom. The van der Waals surface area contributed by atoms with Crippen molar-refractivity contribution in [3.63, 3.8) is 0 Å². The molecule has 0 aliphatic rings. The number of benzene rings is 1. The molecule has 0 N–H and O–H groups in total. The minimum Gasteiger partial charge on any atom is -0.253 e. The van der Waals surface area contributed by atoms with E-state index in [1.165, 1.54) is 5.39 Å². The molecule has 16 heavy (non-hydrogen) atoms. The maximum atomic E-state index is 6.07. The number of hydrogen-bond donors (Lipinski definition) is 0. The molecule has 0 aliphatic heterocycles. The molecule has 2 heteroatoms. The first kappa shape index (κ1) is 11.4. The van der Waals surface area contributed by atoms with E-state index in [9.17, 15) is 0 Å². The van der Waals surface area contributed by atoms with E-state index in [0.717, 1.165) is 17.6 Å². The zero-order chi connectivity index (χ0) is 11.5. The molecule has 0 spiro atoms. The molecule has 1 nitrogen and oxygen atoms in total. The quantitative estimate of drug-likeness (QED) is 0.730. The second-order valence-corrected chi connectivity index (χ2v) is 5.04. The van der Waals surface area contributed by atoms with Gasteiger partial charge in [0.05, 0.1) is 5.52 Å². The van der Waals surface area contributed by atoms with Gasteiger partial charge in [-0.25, -0.2) is 0 Å². The zero-order valence-corrected chi connectivity index (χ0v) is 10.4. The zero-order valence-electron chi connectivity index (χ0n) is 9.65. The summed E-state index contributed by atoms with van der Waals surface area (Å²) < 4.78 is 0. The number of aromatic nitrogens is 1. The van der Waals surface area contributed by atoms with E-state index >= 15 is 0 Å². The van der Waals surface area contributed by atoms with Crippen LogP contribution in [0.4, 0.5) is 0 Å². The molecule has 1 aromatic heterocycles. The topological polar surface area (TPSA) is 12.9 Å². The molecule has 1 heterocycles. The van der Waals surface area contributed by atoms with E-state index in [4.69, 9.17) is 11.6 Å². The third-order valence-corrected chi connectivity index (χ3v) is 3.40. The van der Waals surface area contributed by atoms with Crippen molar-refractivity contribution in [3.8, 4) is 0 Å². The number of alkyl halides is 1. The third kappa shape index (κ3) is 2.53. The van der Waals surface area contributed by atoms with Crippen LogP contribution in [0, 0.1) is 5.92 Å². The summed E-state index contributed by atoms with van der Waals surface area (Å²) in [5.74, 6) is 0.454. The molecule has 0 aliphatic carbocycles. The average Bonchev–Trinajstić information content (AvgIpc) is 2.28. The third-order valence-electron chi connectivity index (χ3n) is 2.97. The number of nitrogens with zero attached hydrogens (tertiary/aromatic N) is 1. The average molecular weight is 234 g/mol. The lowest BCUT2D eigenvalue weighted by Crippen LogP contribution is -2.11. The Balaban J connectivity index is 2.26. The fraction of sp³-hybridized carbons (Fsp3) is 0.357. The van der Waals surface area contributed by atoms with Crippen LogP contribution in [-0.2, 0) is 6.42 Å². The van der Waals surface area contributed by atoms with Crippen molar-refractivity contribution in [1.29, 1.82) is 0 Å². The lowest BCUT2D eigenvalue weighted by atomic mass is 10.0. The monoisotopic (exact) mass is 233 g/mol. The van der Waals surface area contributed by atoms with Gasteiger partial charge in [0, 0.05) is 16.5 Å². The fourth-order valence-electron chi connectivity index (χ4n) is 1.71. The van der Waals surface area contributed by atoms with E-state index in [0.29, 0.717) is 5.92 Å². The number of fused-ring (bicyclic) bond motifs is 1. The summed E-state index contributed by atoms with van der Waals surface area (Å²) >= 11 is 6.07. The van der Waals surface area contributed by atoms with Crippen LogP contribution in [0.1, 0.15) is 19.5 Å². The number of pyridine rings is 1. The summed E-state index contributed by atoms with van der Waals surface area (Å²) in [5, 5.41) is 1.38. The first-order valence-electron chi connectivity index (χ1n) is 5.65. The van der Waals surface area contributed by atoms with Gasteiger partial charge < -0.3 is 0 Å². The number of halogens is 1. The molecule has 2 unspecified atom stereocenters. The fourth-order valence-corrected chi connectivity index (χ4v) is 1.80. The molecule has 0 amide bonds. The highest BCUT2D eigenvalue weighted by atomic mass is 35.5. The molecular formula is C14H16ClN. The van der Waals surface area contributed by atoms with Gasteiger partial charge in [-0.05, 0) is 31.4 Å². The highest BCUT2D eigenvalue weighted by molar-refractivity contribution is 6.20. The summed E-state index contributed by atoms with van der Waals surface area (Å²) in [6.07, 6.45) is 0.940. The molecule has 1 aromatic carbocycles. The number of rotatable bonds is 3. The molecule has 2 aromatic rings. The van der Waals surface area contributed by atoms with Gasteiger partial charge in [0.25, 0.3) is 0 Å². The van der Waals surface area contributed by atoms with Crippen LogP contribution in [0.25, 0.3) is 10.9 Å². The van der Waals surface area contributed by atoms with Crippen molar-refractivity contribution in [2.75, 3.05) is 0 Å². The van der Waals surface area contributed by atoms with Gasteiger partial charge in [-0.3, -0.25) is 4.98 Å². The molecule has 0 fully saturated rings. The molecule has 84 valence electrons. The Labute approximate surface area is 101 Å². The predicted molar refractivity (Wildman–Crippen MR) is 69.9 cm³/mol. The van der Waals surface area contributed by atoms with Gasteiger partial charge in [0.1, 0.15) is 0 Å². The molecule has 0 saturated heterocycles. The second kappa shape index (κ2) is 4.84. The highest BCUT2D eigenvalue weighted by Gasteiger charge is 2.10. The maximum Gasteiger partial charge on any atom is 0.0705 e. The lowest BCUT2D eigenvalue weighted by molar-refractivity contribution is 0.561. The van der Waals surface area contributed by atoms with Crippen molar-refractivity contribution >= 4 is 22.5 Å². The van der Waals surface area contributed by atoms with E-state index in [1.807, 2.05) is 25.1 Å². The summed E-state index contributed by atoms with van der Waals surface area (Å²) in [6, 6.07) is 12.4. The van der Waals surface area contributed by atoms with Crippen LogP contribution >= 0.6 is 11.6 Å². The van der Waals surface area contributed by atoms with Crippen molar-refractivity contribution in [2.24, 2.45) is 5.92 Å². The van der Waals surface area contributed by atoms with Gasteiger partial charge in [0.15, 0.2) is 0 Å². The van der Waals surface area contributed by atoms with E-state index in [1.54, 1.807) is 0 Å². The highest BCUT2D eigenvalue weighted by Crippen LogP contribution is 2.17. The minimum absolute atomic E-state index is 0.188. The summed E-state index contributed by atoms with van der Waals surface area (Å²) in [5.41, 5.74) is 2.19. The van der Waals surface area contributed by atoms with Gasteiger partial charge >= 0.3 is 0 Å². The normalized spacial score (nSPS) is 14.9. The summed E-state index contributed by atoms with van der Waals surface area (Å²) in [6.45, 7) is 4.20. The van der Waals surface area contributed by atoms with Crippen molar-refractivity contribution < 1.29 is 0 Å². The lowest BCUT2D eigenvalue weighted by Gasteiger charge is -2.13. The largest absolute Gasteiger partial charge is 0.253 e. The molecule has 2 rings (SSSR count). The molecule has 0 bridgehead atoms. The van der Waals surface area contributed by atoms with Gasteiger partial charge in [-0.2, -0.15) is 0 Å². The first-order chi connectivity index (χ1) is 7.66. The van der Waals surface area contributed by atoms with E-state index in [2.05, 4.69) is 30.1 Å². The molecular weight excluding hydrogens is 218 g/mol. The second-order valence-electron chi connectivity index (χ2n) is 4.35. The van der Waals surface area contributed by atoms with Crippen LogP contribution in [0.5, 0.6) is 0 Å². The molecule has 0 radical (unpaired) electrons. The van der Waals surface area contributed by atoms with Gasteiger partial charge in [-0.1, -0.05) is 31.2 Å². The van der Waals surface area contributed by atoms with Crippen LogP contribution in [0.3, 0.4) is 0 Å². The first-order valence-corrected chi connectivity index (χ1v) is 6.09. The Hall–Kier alpha value is -1.08. The Morgan fingerprint density at radius 2 is 1.88 bits per heavy atom. The van der Waals surface area contributed by atoms with Gasteiger partial charge in [-0.15, -0.1) is 11.6 Å². The smallest absolute Gasteiger partial charge is 0.0705 e. The van der Waals surface area contributed by atoms with E-state index in [-0.39, 0.29) is 5.38 Å². The Kier molecular flexibility index (Phi) is 3.45. The van der Waals surface area contributed by atoms with Crippen LogP contribution < -0.4 is 0 Å². The Bertz CT molecular complexity index is 479. The van der Waals surface area contributed by atoms with Crippen molar-refractivity contribution in [3.05, 3.63) is 42.1 Å².